The van der Waals surface area contributed by atoms with E-state index in [2.05, 4.69) is 48.5 Å². The van der Waals surface area contributed by atoms with Gasteiger partial charge in [-0.15, -0.1) is 0 Å². The molecule has 0 unspecified atom stereocenters. The number of nitrogens with one attached hydrogen (secondary N) is 1. The molecule has 126 valence electrons. The van der Waals surface area contributed by atoms with Crippen LogP contribution in [0, 0.1) is 5.92 Å². The molecule has 0 saturated carbocycles. The van der Waals surface area contributed by atoms with Crippen LogP contribution in [0.4, 0.5) is 0 Å². The molecule has 0 amide bonds. The molecule has 2 aromatic carbocycles. The van der Waals surface area contributed by atoms with Crippen molar-refractivity contribution in [3.63, 3.8) is 0 Å². The number of quaternary nitrogens is 1. The average Bonchev–Trinajstić information content (AvgIpc) is 2.64. The van der Waals surface area contributed by atoms with Crippen LogP contribution in [0.25, 0.3) is 11.1 Å². The van der Waals surface area contributed by atoms with Gasteiger partial charge in [0.05, 0.1) is 25.6 Å². The van der Waals surface area contributed by atoms with E-state index < -0.39 is 0 Å². The second-order valence-corrected chi connectivity index (χ2v) is 6.52. The first-order valence-electron chi connectivity index (χ1n) is 8.91. The van der Waals surface area contributed by atoms with Gasteiger partial charge in [0.15, 0.2) is 0 Å². The van der Waals surface area contributed by atoms with Crippen molar-refractivity contribution in [2.45, 2.75) is 26.3 Å². The molecule has 1 aliphatic rings. The highest BCUT2D eigenvalue weighted by Crippen LogP contribution is 2.19. The van der Waals surface area contributed by atoms with E-state index in [0.717, 1.165) is 32.5 Å². The number of piperidine rings is 1. The molecule has 3 heteroatoms. The number of likely N-dealkylation sites (tertiary alicyclic amines) is 1. The van der Waals surface area contributed by atoms with E-state index >= 15 is 0 Å². The van der Waals surface area contributed by atoms with E-state index in [0.29, 0.717) is 6.61 Å². The molecule has 0 aromatic heterocycles. The second-order valence-electron chi connectivity index (χ2n) is 6.52. The molecule has 1 fully saturated rings. The zero-order chi connectivity index (χ0) is 16.8. The minimum absolute atomic E-state index is 0.0104. The van der Waals surface area contributed by atoms with E-state index in [9.17, 15) is 4.79 Å². The van der Waals surface area contributed by atoms with Gasteiger partial charge in [-0.2, -0.15) is 0 Å². The quantitative estimate of drug-likeness (QED) is 0.857. The number of hydrogen-bond acceptors (Lipinski definition) is 2. The fourth-order valence-corrected chi connectivity index (χ4v) is 3.43. The van der Waals surface area contributed by atoms with Crippen LogP contribution >= 0.6 is 0 Å². The Labute approximate surface area is 144 Å². The Bertz CT molecular complexity index is 643. The first kappa shape index (κ1) is 16.7. The SMILES string of the molecule is CCOC(=O)C1CC[NH+](Cc2ccc(-c3ccccc3)cc2)CC1. The van der Waals surface area contributed by atoms with Crippen molar-refractivity contribution >= 4 is 5.97 Å². The highest BCUT2D eigenvalue weighted by atomic mass is 16.5. The van der Waals surface area contributed by atoms with Gasteiger partial charge in [-0.25, -0.2) is 0 Å². The summed E-state index contributed by atoms with van der Waals surface area (Å²) >= 11 is 0. The van der Waals surface area contributed by atoms with Gasteiger partial charge in [-0.1, -0.05) is 54.6 Å². The summed E-state index contributed by atoms with van der Waals surface area (Å²) in [4.78, 5) is 13.4. The maximum Gasteiger partial charge on any atom is 0.309 e. The van der Waals surface area contributed by atoms with Crippen LogP contribution in [0.1, 0.15) is 25.3 Å². The van der Waals surface area contributed by atoms with E-state index in [-0.39, 0.29) is 11.9 Å². The van der Waals surface area contributed by atoms with Crippen LogP contribution in [0.2, 0.25) is 0 Å². The molecule has 1 heterocycles. The summed E-state index contributed by atoms with van der Waals surface area (Å²) in [6.45, 7) is 5.48. The predicted octanol–water partition coefficient (Wildman–Crippen LogP) is 2.71. The summed E-state index contributed by atoms with van der Waals surface area (Å²) < 4.78 is 5.14. The molecule has 0 spiro atoms. The number of carbonyl (C=O) groups is 1. The number of rotatable bonds is 5. The van der Waals surface area contributed by atoms with Gasteiger partial charge in [-0.05, 0) is 18.1 Å². The summed E-state index contributed by atoms with van der Waals surface area (Å²) in [6, 6.07) is 19.3. The maximum absolute atomic E-state index is 11.8. The van der Waals surface area contributed by atoms with Crippen molar-refractivity contribution < 1.29 is 14.4 Å². The first-order chi connectivity index (χ1) is 11.8. The highest BCUT2D eigenvalue weighted by molar-refractivity contribution is 5.72. The zero-order valence-electron chi connectivity index (χ0n) is 14.3. The lowest BCUT2D eigenvalue weighted by Crippen LogP contribution is -3.11. The van der Waals surface area contributed by atoms with Crippen LogP contribution in [0.5, 0.6) is 0 Å². The molecule has 3 nitrogen and oxygen atoms in total. The topological polar surface area (TPSA) is 30.7 Å². The summed E-state index contributed by atoms with van der Waals surface area (Å²) in [5.41, 5.74) is 3.88. The molecule has 24 heavy (non-hydrogen) atoms. The molecular formula is C21H26NO2+. The molecule has 1 N–H and O–H groups in total. The molecule has 1 aliphatic heterocycles. The summed E-state index contributed by atoms with van der Waals surface area (Å²) in [5, 5.41) is 0. The second kappa shape index (κ2) is 8.11. The standard InChI is InChI=1S/C21H25NO2/c1-2-24-21(23)20-12-14-22(15-13-20)16-17-8-10-19(11-9-17)18-6-4-3-5-7-18/h3-11,20H,2,12-16H2,1H3/p+1. The first-order valence-corrected chi connectivity index (χ1v) is 8.91. The molecular weight excluding hydrogens is 298 g/mol. The third-order valence-corrected chi connectivity index (χ3v) is 4.83. The number of ether oxygens (including phenoxy) is 1. The van der Waals surface area contributed by atoms with Crippen molar-refractivity contribution in [1.29, 1.82) is 0 Å². The minimum atomic E-state index is -0.0104. The normalized spacial score (nSPS) is 20.5. The van der Waals surface area contributed by atoms with E-state index in [1.54, 1.807) is 4.90 Å². The molecule has 0 atom stereocenters. The monoisotopic (exact) mass is 324 g/mol. The summed E-state index contributed by atoms with van der Waals surface area (Å²) in [5.74, 6) is 0.0953. The summed E-state index contributed by atoms with van der Waals surface area (Å²) in [7, 11) is 0. The van der Waals surface area contributed by atoms with E-state index in [1.165, 1.54) is 16.7 Å². The Morgan fingerprint density at radius 2 is 1.62 bits per heavy atom. The third-order valence-electron chi connectivity index (χ3n) is 4.83. The molecule has 0 aliphatic carbocycles. The van der Waals surface area contributed by atoms with Gasteiger partial charge >= 0.3 is 5.97 Å². The van der Waals surface area contributed by atoms with Crippen LogP contribution in [-0.2, 0) is 16.1 Å². The Kier molecular flexibility index (Phi) is 5.65. The fourth-order valence-electron chi connectivity index (χ4n) is 3.43. The van der Waals surface area contributed by atoms with Gasteiger partial charge < -0.3 is 9.64 Å². The van der Waals surface area contributed by atoms with Crippen LogP contribution in [0.15, 0.2) is 54.6 Å². The van der Waals surface area contributed by atoms with Crippen molar-refractivity contribution in [2.75, 3.05) is 19.7 Å². The van der Waals surface area contributed by atoms with E-state index in [4.69, 9.17) is 4.74 Å². The smallest absolute Gasteiger partial charge is 0.309 e. The van der Waals surface area contributed by atoms with E-state index in [1.807, 2.05) is 13.0 Å². The Balaban J connectivity index is 1.53. The van der Waals surface area contributed by atoms with Crippen LogP contribution < -0.4 is 4.90 Å². The van der Waals surface area contributed by atoms with Crippen molar-refractivity contribution in [2.24, 2.45) is 5.92 Å². The average molecular weight is 324 g/mol. The Morgan fingerprint density at radius 1 is 1.00 bits per heavy atom. The third kappa shape index (κ3) is 4.24. The molecule has 1 saturated heterocycles. The van der Waals surface area contributed by atoms with Crippen LogP contribution in [-0.4, -0.2) is 25.7 Å². The van der Waals surface area contributed by atoms with Gasteiger partial charge in [0, 0.05) is 18.4 Å². The zero-order valence-corrected chi connectivity index (χ0v) is 14.3. The maximum atomic E-state index is 11.8. The van der Waals surface area contributed by atoms with Gasteiger partial charge in [-0.3, -0.25) is 4.79 Å². The van der Waals surface area contributed by atoms with Crippen molar-refractivity contribution in [3.05, 3.63) is 60.2 Å². The lowest BCUT2D eigenvalue weighted by atomic mass is 9.96. The van der Waals surface area contributed by atoms with Gasteiger partial charge in [0.1, 0.15) is 6.54 Å². The molecule has 2 aromatic rings. The number of carbonyl (C=O) groups excluding carboxylic acids is 1. The Morgan fingerprint density at radius 3 is 2.25 bits per heavy atom. The number of esters is 1. The minimum Gasteiger partial charge on any atom is -0.466 e. The lowest BCUT2D eigenvalue weighted by Gasteiger charge is -2.28. The molecule has 0 bridgehead atoms. The summed E-state index contributed by atoms with van der Waals surface area (Å²) in [6.07, 6.45) is 1.88. The predicted molar refractivity (Wildman–Crippen MR) is 95.6 cm³/mol. The Hall–Kier alpha value is -2.13. The highest BCUT2D eigenvalue weighted by Gasteiger charge is 2.28. The van der Waals surface area contributed by atoms with Gasteiger partial charge in [0.25, 0.3) is 0 Å². The van der Waals surface area contributed by atoms with Crippen molar-refractivity contribution in [1.82, 2.24) is 0 Å². The lowest BCUT2D eigenvalue weighted by molar-refractivity contribution is -0.919. The molecule has 3 rings (SSSR count). The number of benzene rings is 2. The fraction of sp³-hybridized carbons (Fsp3) is 0.381. The van der Waals surface area contributed by atoms with Gasteiger partial charge in [0.2, 0.25) is 0 Å². The molecule has 0 radical (unpaired) electrons. The van der Waals surface area contributed by atoms with Crippen molar-refractivity contribution in [3.8, 4) is 11.1 Å². The number of hydrogen-bond donors (Lipinski definition) is 1. The largest absolute Gasteiger partial charge is 0.466 e. The van der Waals surface area contributed by atoms with Crippen LogP contribution in [0.3, 0.4) is 0 Å².